The highest BCUT2D eigenvalue weighted by Crippen LogP contribution is 2.20. The number of hydrogen-bond donors (Lipinski definition) is 1. The molecule has 1 aromatic carbocycles. The Balaban J connectivity index is 2.23. The molecule has 1 heterocycles. The molecule has 0 aromatic heterocycles. The van der Waals surface area contributed by atoms with Gasteiger partial charge in [-0.2, -0.15) is 0 Å². The van der Waals surface area contributed by atoms with Crippen molar-refractivity contribution < 1.29 is 9.53 Å². The summed E-state index contributed by atoms with van der Waals surface area (Å²) in [6.07, 6.45) is 0.928. The predicted molar refractivity (Wildman–Crippen MR) is 84.5 cm³/mol. The Kier molecular flexibility index (Phi) is 5.76. The third-order valence-corrected chi connectivity index (χ3v) is 3.81. The number of rotatable bonds is 6. The zero-order valence-electron chi connectivity index (χ0n) is 13.3. The van der Waals surface area contributed by atoms with Crippen LogP contribution in [0, 0.1) is 5.92 Å². The fourth-order valence-corrected chi connectivity index (χ4v) is 2.82. The van der Waals surface area contributed by atoms with Gasteiger partial charge < -0.3 is 15.0 Å². The summed E-state index contributed by atoms with van der Waals surface area (Å²) >= 11 is 0. The molecule has 4 heteroatoms. The maximum Gasteiger partial charge on any atom is 0.254 e. The molecule has 0 saturated heterocycles. The Bertz CT molecular complexity index is 486. The molecule has 0 atom stereocenters. The van der Waals surface area contributed by atoms with Crippen LogP contribution in [0.5, 0.6) is 0 Å². The van der Waals surface area contributed by atoms with Crippen molar-refractivity contribution in [2.24, 2.45) is 5.92 Å². The van der Waals surface area contributed by atoms with Gasteiger partial charge in [-0.3, -0.25) is 4.79 Å². The van der Waals surface area contributed by atoms with Crippen LogP contribution in [-0.4, -0.2) is 44.2 Å². The minimum absolute atomic E-state index is 0.138. The molecule has 21 heavy (non-hydrogen) atoms. The molecule has 1 N–H and O–H groups in total. The molecule has 1 aliphatic rings. The molecule has 4 nitrogen and oxygen atoms in total. The third-order valence-electron chi connectivity index (χ3n) is 3.81. The predicted octanol–water partition coefficient (Wildman–Crippen LogP) is 2.08. The summed E-state index contributed by atoms with van der Waals surface area (Å²) in [7, 11) is 1.67. The van der Waals surface area contributed by atoms with Crippen molar-refractivity contribution in [3.05, 3.63) is 34.9 Å². The number of ether oxygens (including phenoxy) is 1. The molecule has 2 rings (SSSR count). The van der Waals surface area contributed by atoms with Crippen molar-refractivity contribution >= 4 is 5.91 Å². The van der Waals surface area contributed by atoms with Gasteiger partial charge >= 0.3 is 0 Å². The highest BCUT2D eigenvalue weighted by atomic mass is 16.5. The number of carbonyl (C=O) groups excluding carboxylic acids is 1. The molecular formula is C17H26N2O2. The van der Waals surface area contributed by atoms with Crippen molar-refractivity contribution in [3.63, 3.8) is 0 Å². The number of nitrogens with zero attached hydrogens (tertiary/aromatic N) is 1. The first-order chi connectivity index (χ1) is 10.1. The van der Waals surface area contributed by atoms with E-state index < -0.39 is 0 Å². The molecule has 0 bridgehead atoms. The van der Waals surface area contributed by atoms with E-state index in [9.17, 15) is 4.79 Å². The van der Waals surface area contributed by atoms with Gasteiger partial charge in [0.2, 0.25) is 0 Å². The van der Waals surface area contributed by atoms with Gasteiger partial charge in [-0.15, -0.1) is 0 Å². The second-order valence-corrected chi connectivity index (χ2v) is 6.01. The maximum absolute atomic E-state index is 12.9. The molecule has 1 aromatic rings. The Labute approximate surface area is 127 Å². The fraction of sp³-hybridized carbons (Fsp3) is 0.588. The lowest BCUT2D eigenvalue weighted by atomic mass is 9.94. The summed E-state index contributed by atoms with van der Waals surface area (Å²) in [6, 6.07) is 6.07. The first-order valence-electron chi connectivity index (χ1n) is 7.73. The molecule has 1 amide bonds. The topological polar surface area (TPSA) is 41.6 Å². The van der Waals surface area contributed by atoms with Gasteiger partial charge in [0.25, 0.3) is 5.91 Å². The maximum atomic E-state index is 12.9. The van der Waals surface area contributed by atoms with Gasteiger partial charge in [0.05, 0.1) is 6.61 Å². The van der Waals surface area contributed by atoms with Crippen LogP contribution in [0.15, 0.2) is 18.2 Å². The number of fused-ring (bicyclic) bond motifs is 1. The van der Waals surface area contributed by atoms with Gasteiger partial charge in [-0.05, 0) is 36.1 Å². The van der Waals surface area contributed by atoms with E-state index >= 15 is 0 Å². The summed E-state index contributed by atoms with van der Waals surface area (Å²) in [6.45, 7) is 8.07. The lowest BCUT2D eigenvalue weighted by molar-refractivity contribution is 0.0671. The fourth-order valence-electron chi connectivity index (χ4n) is 2.82. The summed E-state index contributed by atoms with van der Waals surface area (Å²) in [5.41, 5.74) is 3.33. The number of hydrogen-bond acceptors (Lipinski definition) is 3. The Morgan fingerprint density at radius 3 is 2.95 bits per heavy atom. The molecule has 0 aliphatic carbocycles. The average Bonchev–Trinajstić information content (AvgIpc) is 2.50. The van der Waals surface area contributed by atoms with Gasteiger partial charge in [-0.25, -0.2) is 0 Å². The Morgan fingerprint density at radius 2 is 2.24 bits per heavy atom. The SMILES string of the molecule is COCCN(CC(C)C)C(=O)c1cccc2c1CCNC2. The van der Waals surface area contributed by atoms with Crippen LogP contribution in [0.2, 0.25) is 0 Å². The standard InChI is InChI=1S/C17H26N2O2/c1-13(2)12-19(9-10-21-3)17(20)16-6-4-5-14-11-18-8-7-15(14)16/h4-6,13,18H,7-12H2,1-3H3. The minimum atomic E-state index is 0.138. The molecule has 0 unspecified atom stereocenters. The van der Waals surface area contributed by atoms with Gasteiger partial charge in [0.15, 0.2) is 0 Å². The van der Waals surface area contributed by atoms with Crippen LogP contribution in [0.25, 0.3) is 0 Å². The van der Waals surface area contributed by atoms with E-state index in [4.69, 9.17) is 4.74 Å². The third kappa shape index (κ3) is 4.05. The average molecular weight is 290 g/mol. The van der Waals surface area contributed by atoms with E-state index in [1.165, 1.54) is 11.1 Å². The van der Waals surface area contributed by atoms with Crippen molar-refractivity contribution in [3.8, 4) is 0 Å². The number of methoxy groups -OCH3 is 1. The highest BCUT2D eigenvalue weighted by Gasteiger charge is 2.22. The van der Waals surface area contributed by atoms with E-state index in [0.717, 1.165) is 31.6 Å². The summed E-state index contributed by atoms with van der Waals surface area (Å²) in [5.74, 6) is 0.589. The minimum Gasteiger partial charge on any atom is -0.383 e. The van der Waals surface area contributed by atoms with Crippen molar-refractivity contribution in [2.45, 2.75) is 26.8 Å². The highest BCUT2D eigenvalue weighted by molar-refractivity contribution is 5.96. The second-order valence-electron chi connectivity index (χ2n) is 6.01. The largest absolute Gasteiger partial charge is 0.383 e. The monoisotopic (exact) mass is 290 g/mol. The van der Waals surface area contributed by atoms with Gasteiger partial charge in [0, 0.05) is 32.3 Å². The zero-order valence-corrected chi connectivity index (χ0v) is 13.3. The lowest BCUT2D eigenvalue weighted by Crippen LogP contribution is -2.38. The van der Waals surface area contributed by atoms with Crippen LogP contribution < -0.4 is 5.32 Å². The molecule has 0 spiro atoms. The molecule has 116 valence electrons. The van der Waals surface area contributed by atoms with Crippen LogP contribution in [0.4, 0.5) is 0 Å². The quantitative estimate of drug-likeness (QED) is 0.872. The van der Waals surface area contributed by atoms with E-state index in [1.807, 2.05) is 17.0 Å². The van der Waals surface area contributed by atoms with Crippen molar-refractivity contribution in [1.29, 1.82) is 0 Å². The first kappa shape index (κ1) is 16.0. The number of amides is 1. The van der Waals surface area contributed by atoms with Crippen LogP contribution >= 0.6 is 0 Å². The van der Waals surface area contributed by atoms with Crippen LogP contribution in [0.3, 0.4) is 0 Å². The molecule has 0 radical (unpaired) electrons. The zero-order chi connectivity index (χ0) is 15.2. The normalized spacial score (nSPS) is 14.1. The van der Waals surface area contributed by atoms with Crippen molar-refractivity contribution in [2.75, 3.05) is 33.4 Å². The molecule has 0 fully saturated rings. The summed E-state index contributed by atoms with van der Waals surface area (Å²) < 4.78 is 5.15. The van der Waals surface area contributed by atoms with Gasteiger partial charge in [0.1, 0.15) is 0 Å². The lowest BCUT2D eigenvalue weighted by Gasteiger charge is -2.27. The molecular weight excluding hydrogens is 264 g/mol. The van der Waals surface area contributed by atoms with E-state index in [2.05, 4.69) is 25.2 Å². The smallest absolute Gasteiger partial charge is 0.254 e. The van der Waals surface area contributed by atoms with Crippen LogP contribution in [-0.2, 0) is 17.7 Å². The Hall–Kier alpha value is -1.39. The Morgan fingerprint density at radius 1 is 1.43 bits per heavy atom. The number of benzene rings is 1. The molecule has 1 aliphatic heterocycles. The summed E-state index contributed by atoms with van der Waals surface area (Å²) in [4.78, 5) is 14.8. The van der Waals surface area contributed by atoms with E-state index in [0.29, 0.717) is 19.1 Å². The second kappa shape index (κ2) is 7.57. The molecule has 0 saturated carbocycles. The van der Waals surface area contributed by atoms with E-state index in [-0.39, 0.29) is 5.91 Å². The summed E-state index contributed by atoms with van der Waals surface area (Å²) in [5, 5.41) is 3.36. The van der Waals surface area contributed by atoms with Gasteiger partial charge in [-0.1, -0.05) is 26.0 Å². The van der Waals surface area contributed by atoms with Crippen LogP contribution in [0.1, 0.15) is 35.3 Å². The first-order valence-corrected chi connectivity index (χ1v) is 7.73. The van der Waals surface area contributed by atoms with Crippen molar-refractivity contribution in [1.82, 2.24) is 10.2 Å². The van der Waals surface area contributed by atoms with E-state index in [1.54, 1.807) is 7.11 Å². The number of carbonyl (C=O) groups is 1. The number of nitrogens with one attached hydrogen (secondary N) is 1.